The molecule has 0 spiro atoms. The second-order valence-electron chi connectivity index (χ2n) is 6.30. The Morgan fingerprint density at radius 3 is 2.77 bits per heavy atom. The van der Waals surface area contributed by atoms with Crippen molar-refractivity contribution in [3.8, 4) is 0 Å². The highest BCUT2D eigenvalue weighted by Gasteiger charge is 2.24. The topological polar surface area (TPSA) is 65.7 Å². The molecule has 2 N–H and O–H groups in total. The van der Waals surface area contributed by atoms with Crippen LogP contribution in [0.4, 0.5) is 0 Å². The van der Waals surface area contributed by atoms with E-state index in [2.05, 4.69) is 38.5 Å². The maximum atomic E-state index is 5.70. The molecule has 0 amide bonds. The summed E-state index contributed by atoms with van der Waals surface area (Å²) < 4.78 is 5.70. The minimum absolute atomic E-state index is 0. The normalized spacial score (nSPS) is 16.8. The van der Waals surface area contributed by atoms with Crippen molar-refractivity contribution in [3.63, 3.8) is 0 Å². The molecular weight excluding hydrogens is 461 g/mol. The zero-order valence-electron chi connectivity index (χ0n) is 15.4. The van der Waals surface area contributed by atoms with E-state index in [4.69, 9.17) is 4.42 Å². The summed E-state index contributed by atoms with van der Waals surface area (Å²) in [4.78, 5) is 12.4. The first-order chi connectivity index (χ1) is 12.3. The summed E-state index contributed by atoms with van der Waals surface area (Å²) in [6.07, 6.45) is 7.50. The van der Waals surface area contributed by atoms with Gasteiger partial charge in [-0.1, -0.05) is 6.42 Å². The van der Waals surface area contributed by atoms with Gasteiger partial charge in [-0.15, -0.1) is 35.3 Å². The van der Waals surface area contributed by atoms with E-state index in [1.54, 1.807) is 24.6 Å². The lowest BCUT2D eigenvalue weighted by atomic mass is 10.1. The molecule has 1 aliphatic rings. The summed E-state index contributed by atoms with van der Waals surface area (Å²) >= 11 is 1.71. The number of nitrogens with one attached hydrogen (secondary N) is 2. The van der Waals surface area contributed by atoms with Crippen LogP contribution in [-0.2, 0) is 6.54 Å². The molecule has 1 aliphatic heterocycles. The van der Waals surface area contributed by atoms with Crippen LogP contribution in [0.1, 0.15) is 40.9 Å². The summed E-state index contributed by atoms with van der Waals surface area (Å²) in [5.41, 5.74) is 0. The maximum Gasteiger partial charge on any atom is 0.191 e. The molecule has 8 heteroatoms. The third-order valence-corrected chi connectivity index (χ3v) is 5.38. The third kappa shape index (κ3) is 5.95. The van der Waals surface area contributed by atoms with E-state index in [9.17, 15) is 0 Å². The Kier molecular flexibility index (Phi) is 8.86. The van der Waals surface area contributed by atoms with Crippen molar-refractivity contribution in [2.24, 2.45) is 4.99 Å². The number of aromatic nitrogens is 1. The standard InChI is InChI=1S/C18H27N5OS.HI/c1-14-11-20-17(25-14)13-22-18(19-2)21-12-15(16-7-6-10-24-16)23-8-4-3-5-9-23;/h6-7,10-11,15H,3-5,8-9,12-13H2,1-2H3,(H2,19,21,22);1H. The molecule has 26 heavy (non-hydrogen) atoms. The molecule has 2 aromatic rings. The Hall–Kier alpha value is -1.13. The number of piperidine rings is 1. The van der Waals surface area contributed by atoms with Gasteiger partial charge in [-0.3, -0.25) is 9.89 Å². The first-order valence-electron chi connectivity index (χ1n) is 8.89. The SMILES string of the molecule is CN=C(NCc1ncc(C)s1)NCC(c1ccco1)N1CCCCC1.I. The van der Waals surface area contributed by atoms with Crippen molar-refractivity contribution in [3.05, 3.63) is 40.2 Å². The number of aryl methyl sites for hydroxylation is 1. The predicted octanol–water partition coefficient (Wildman–Crippen LogP) is 3.55. The van der Waals surface area contributed by atoms with Gasteiger partial charge in [0.25, 0.3) is 0 Å². The molecule has 3 heterocycles. The zero-order chi connectivity index (χ0) is 17.5. The van der Waals surface area contributed by atoms with Gasteiger partial charge in [0.15, 0.2) is 5.96 Å². The Bertz CT molecular complexity index is 667. The molecule has 3 rings (SSSR count). The van der Waals surface area contributed by atoms with E-state index in [1.807, 2.05) is 12.3 Å². The van der Waals surface area contributed by atoms with E-state index in [0.29, 0.717) is 6.54 Å². The summed E-state index contributed by atoms with van der Waals surface area (Å²) in [6.45, 7) is 5.77. The van der Waals surface area contributed by atoms with Crippen LogP contribution in [0.5, 0.6) is 0 Å². The van der Waals surface area contributed by atoms with Gasteiger partial charge < -0.3 is 15.1 Å². The number of hydrogen-bond donors (Lipinski definition) is 2. The largest absolute Gasteiger partial charge is 0.468 e. The van der Waals surface area contributed by atoms with Gasteiger partial charge in [0.05, 0.1) is 18.8 Å². The number of aliphatic imine (C=N–C) groups is 1. The number of rotatable bonds is 6. The molecule has 2 aromatic heterocycles. The lowest BCUT2D eigenvalue weighted by molar-refractivity contribution is 0.146. The predicted molar refractivity (Wildman–Crippen MR) is 117 cm³/mol. The van der Waals surface area contributed by atoms with Crippen LogP contribution in [0.2, 0.25) is 0 Å². The molecule has 0 aliphatic carbocycles. The molecule has 144 valence electrons. The van der Waals surface area contributed by atoms with Crippen molar-refractivity contribution in [1.82, 2.24) is 20.5 Å². The first-order valence-corrected chi connectivity index (χ1v) is 9.71. The minimum atomic E-state index is 0. The number of nitrogens with zero attached hydrogens (tertiary/aromatic N) is 3. The number of guanidine groups is 1. The molecule has 0 aromatic carbocycles. The average molecular weight is 489 g/mol. The summed E-state index contributed by atoms with van der Waals surface area (Å²) in [6, 6.07) is 4.26. The second kappa shape index (κ2) is 10.9. The molecule has 0 radical (unpaired) electrons. The number of likely N-dealkylation sites (tertiary alicyclic amines) is 1. The van der Waals surface area contributed by atoms with Crippen molar-refractivity contribution < 1.29 is 4.42 Å². The van der Waals surface area contributed by atoms with Crippen LogP contribution in [0.25, 0.3) is 0 Å². The second-order valence-corrected chi connectivity index (χ2v) is 7.62. The lowest BCUT2D eigenvalue weighted by Gasteiger charge is -2.33. The summed E-state index contributed by atoms with van der Waals surface area (Å²) in [7, 11) is 1.80. The van der Waals surface area contributed by atoms with Crippen LogP contribution < -0.4 is 10.6 Å². The highest BCUT2D eigenvalue weighted by molar-refractivity contribution is 14.0. The van der Waals surface area contributed by atoms with Crippen LogP contribution in [0, 0.1) is 6.92 Å². The van der Waals surface area contributed by atoms with Crippen molar-refractivity contribution in [1.29, 1.82) is 0 Å². The minimum Gasteiger partial charge on any atom is -0.468 e. The van der Waals surface area contributed by atoms with Gasteiger partial charge in [-0.25, -0.2) is 4.98 Å². The number of hydrogen-bond acceptors (Lipinski definition) is 5. The Labute approximate surface area is 176 Å². The van der Waals surface area contributed by atoms with E-state index in [-0.39, 0.29) is 30.0 Å². The average Bonchev–Trinajstić information content (AvgIpc) is 3.31. The Morgan fingerprint density at radius 1 is 1.35 bits per heavy atom. The van der Waals surface area contributed by atoms with Crippen LogP contribution in [0.3, 0.4) is 0 Å². The molecule has 6 nitrogen and oxygen atoms in total. The summed E-state index contributed by atoms with van der Waals surface area (Å²) in [5, 5.41) is 7.86. The third-order valence-electron chi connectivity index (χ3n) is 4.47. The fourth-order valence-corrected chi connectivity index (χ4v) is 3.90. The van der Waals surface area contributed by atoms with Gasteiger partial charge >= 0.3 is 0 Å². The number of thiazole rings is 1. The molecule has 1 atom stereocenters. The van der Waals surface area contributed by atoms with Crippen LogP contribution in [-0.4, -0.2) is 42.5 Å². The summed E-state index contributed by atoms with van der Waals surface area (Å²) in [5.74, 6) is 1.81. The van der Waals surface area contributed by atoms with Gasteiger partial charge in [-0.05, 0) is 45.0 Å². The first kappa shape index (κ1) is 21.2. The van der Waals surface area contributed by atoms with E-state index in [0.717, 1.165) is 36.4 Å². The molecular formula is C18H28IN5OS. The van der Waals surface area contributed by atoms with E-state index < -0.39 is 0 Å². The lowest BCUT2D eigenvalue weighted by Crippen LogP contribution is -2.44. The fourth-order valence-electron chi connectivity index (χ4n) is 3.18. The van der Waals surface area contributed by atoms with Gasteiger partial charge in [-0.2, -0.15) is 0 Å². The number of halogens is 1. The number of furan rings is 1. The van der Waals surface area contributed by atoms with Crippen LogP contribution >= 0.6 is 35.3 Å². The quantitative estimate of drug-likeness (QED) is 0.369. The van der Waals surface area contributed by atoms with Crippen molar-refractivity contribution in [2.75, 3.05) is 26.7 Å². The maximum absolute atomic E-state index is 5.70. The smallest absolute Gasteiger partial charge is 0.191 e. The molecule has 1 fully saturated rings. The fraction of sp³-hybridized carbons (Fsp3) is 0.556. The highest BCUT2D eigenvalue weighted by atomic mass is 127. The molecule has 0 saturated carbocycles. The van der Waals surface area contributed by atoms with Gasteiger partial charge in [0.2, 0.25) is 0 Å². The van der Waals surface area contributed by atoms with Crippen molar-refractivity contribution in [2.45, 2.75) is 38.8 Å². The monoisotopic (exact) mass is 489 g/mol. The van der Waals surface area contributed by atoms with Crippen molar-refractivity contribution >= 4 is 41.3 Å². The Balaban J connectivity index is 0.00000243. The van der Waals surface area contributed by atoms with Crippen LogP contribution in [0.15, 0.2) is 34.0 Å². The van der Waals surface area contributed by atoms with Gasteiger partial charge in [0.1, 0.15) is 10.8 Å². The molecule has 1 saturated heterocycles. The van der Waals surface area contributed by atoms with Gasteiger partial charge in [0, 0.05) is 24.7 Å². The van der Waals surface area contributed by atoms with E-state index in [1.165, 1.54) is 24.1 Å². The molecule has 1 unspecified atom stereocenters. The highest BCUT2D eigenvalue weighted by Crippen LogP contribution is 2.24. The van der Waals surface area contributed by atoms with E-state index >= 15 is 0 Å². The zero-order valence-corrected chi connectivity index (χ0v) is 18.5. The Morgan fingerprint density at radius 2 is 2.15 bits per heavy atom. The molecule has 0 bridgehead atoms.